The molecule has 0 spiro atoms. The molecule has 1 N–H and O–H groups in total. The van der Waals surface area contributed by atoms with Crippen LogP contribution < -0.4 is 10.1 Å². The average molecular weight is 433 g/mol. The number of ether oxygens (including phenoxy) is 1. The molecule has 156 valence electrons. The van der Waals surface area contributed by atoms with Crippen LogP contribution in [0.1, 0.15) is 23.1 Å². The van der Waals surface area contributed by atoms with Gasteiger partial charge in [0.1, 0.15) is 5.75 Å². The van der Waals surface area contributed by atoms with Crippen molar-refractivity contribution < 1.29 is 9.53 Å². The summed E-state index contributed by atoms with van der Waals surface area (Å²) in [4.78, 5) is 17.4. The second-order valence-electron chi connectivity index (χ2n) is 6.93. The smallest absolute Gasteiger partial charge is 0.295 e. The van der Waals surface area contributed by atoms with Gasteiger partial charge in [-0.2, -0.15) is 0 Å². The minimum absolute atomic E-state index is 0.0698. The van der Waals surface area contributed by atoms with Crippen LogP contribution in [0.2, 0.25) is 5.02 Å². The van der Waals surface area contributed by atoms with E-state index in [-0.39, 0.29) is 5.82 Å². The Labute approximate surface area is 185 Å². The molecule has 0 aliphatic carbocycles. The maximum atomic E-state index is 12.9. The maximum Gasteiger partial charge on any atom is 0.295 e. The first kappa shape index (κ1) is 20.6. The van der Waals surface area contributed by atoms with Crippen LogP contribution in [0, 0.1) is 6.92 Å². The highest BCUT2D eigenvalue weighted by Crippen LogP contribution is 2.24. The molecule has 7 heteroatoms. The highest BCUT2D eigenvalue weighted by molar-refractivity contribution is 6.30. The number of nitrogens with one attached hydrogen (secondary N) is 1. The summed E-state index contributed by atoms with van der Waals surface area (Å²) in [7, 11) is 0. The fourth-order valence-corrected chi connectivity index (χ4v) is 3.26. The van der Waals surface area contributed by atoms with Gasteiger partial charge in [0.2, 0.25) is 5.82 Å². The van der Waals surface area contributed by atoms with Gasteiger partial charge in [0.05, 0.1) is 12.3 Å². The van der Waals surface area contributed by atoms with Crippen LogP contribution in [0.25, 0.3) is 17.1 Å². The van der Waals surface area contributed by atoms with E-state index in [1.54, 1.807) is 41.1 Å². The summed E-state index contributed by atoms with van der Waals surface area (Å²) in [5.41, 5.74) is 3.34. The van der Waals surface area contributed by atoms with Gasteiger partial charge < -0.3 is 10.1 Å². The Bertz CT molecular complexity index is 1200. The van der Waals surface area contributed by atoms with Gasteiger partial charge >= 0.3 is 0 Å². The minimum Gasteiger partial charge on any atom is -0.494 e. The number of carbonyl (C=O) groups is 1. The van der Waals surface area contributed by atoms with Crippen molar-refractivity contribution >= 4 is 23.2 Å². The van der Waals surface area contributed by atoms with Gasteiger partial charge in [0.25, 0.3) is 5.91 Å². The Balaban J connectivity index is 1.68. The molecule has 1 heterocycles. The van der Waals surface area contributed by atoms with Crippen molar-refractivity contribution in [3.63, 3.8) is 0 Å². The molecule has 0 aliphatic heterocycles. The number of hydrogen-bond acceptors (Lipinski definition) is 4. The lowest BCUT2D eigenvalue weighted by Gasteiger charge is -2.06. The molecule has 4 aromatic rings. The van der Waals surface area contributed by atoms with Gasteiger partial charge in [-0.3, -0.25) is 4.79 Å². The van der Waals surface area contributed by atoms with Crippen LogP contribution in [0.3, 0.4) is 0 Å². The van der Waals surface area contributed by atoms with Crippen molar-refractivity contribution in [2.75, 3.05) is 11.9 Å². The fraction of sp³-hybridized carbons (Fsp3) is 0.125. The summed E-state index contributed by atoms with van der Waals surface area (Å²) in [6, 6.07) is 22.3. The number of rotatable bonds is 6. The van der Waals surface area contributed by atoms with E-state index in [9.17, 15) is 4.79 Å². The molecule has 0 fully saturated rings. The van der Waals surface area contributed by atoms with Crippen molar-refractivity contribution in [3.8, 4) is 22.8 Å². The van der Waals surface area contributed by atoms with Crippen LogP contribution >= 0.6 is 11.6 Å². The van der Waals surface area contributed by atoms with E-state index in [1.165, 1.54) is 0 Å². The molecule has 0 unspecified atom stereocenters. The van der Waals surface area contributed by atoms with Crippen molar-refractivity contribution in [2.45, 2.75) is 13.8 Å². The highest BCUT2D eigenvalue weighted by Gasteiger charge is 2.19. The Morgan fingerprint density at radius 1 is 1.06 bits per heavy atom. The van der Waals surface area contributed by atoms with Crippen molar-refractivity contribution in [2.24, 2.45) is 0 Å². The van der Waals surface area contributed by atoms with E-state index in [2.05, 4.69) is 15.4 Å². The molecular weight excluding hydrogens is 412 g/mol. The molecule has 4 rings (SSSR count). The second kappa shape index (κ2) is 9.02. The van der Waals surface area contributed by atoms with Gasteiger partial charge in [-0.15, -0.1) is 5.10 Å². The highest BCUT2D eigenvalue weighted by atomic mass is 35.5. The summed E-state index contributed by atoms with van der Waals surface area (Å²) < 4.78 is 7.09. The third-order valence-corrected chi connectivity index (χ3v) is 4.83. The Morgan fingerprint density at radius 2 is 1.81 bits per heavy atom. The summed E-state index contributed by atoms with van der Waals surface area (Å²) >= 11 is 6.04. The lowest BCUT2D eigenvalue weighted by Crippen LogP contribution is -2.14. The first-order chi connectivity index (χ1) is 15.0. The lowest BCUT2D eigenvalue weighted by molar-refractivity contribution is 0.101. The largest absolute Gasteiger partial charge is 0.494 e. The van der Waals surface area contributed by atoms with Crippen LogP contribution in [0.5, 0.6) is 5.75 Å². The number of halogens is 1. The number of aromatic nitrogens is 3. The number of aryl methyl sites for hydroxylation is 1. The summed E-state index contributed by atoms with van der Waals surface area (Å²) in [6.45, 7) is 4.51. The van der Waals surface area contributed by atoms with Crippen LogP contribution in [0.4, 0.5) is 5.69 Å². The number of amides is 1. The Kier molecular flexibility index (Phi) is 6.00. The Hall–Kier alpha value is -3.64. The number of hydrogen-bond donors (Lipinski definition) is 1. The van der Waals surface area contributed by atoms with Crippen molar-refractivity contribution in [1.29, 1.82) is 0 Å². The SMILES string of the molecule is CCOc1ccc(NC(=O)c2nc(-c3cccc(C)c3)n(-c3ccc(Cl)cc3)n2)cc1. The molecule has 1 amide bonds. The van der Waals surface area contributed by atoms with E-state index >= 15 is 0 Å². The van der Waals surface area contributed by atoms with Gasteiger partial charge in [-0.05, 0) is 68.4 Å². The molecule has 0 atom stereocenters. The fourth-order valence-electron chi connectivity index (χ4n) is 3.13. The van der Waals surface area contributed by atoms with Crippen LogP contribution in [-0.4, -0.2) is 27.3 Å². The summed E-state index contributed by atoms with van der Waals surface area (Å²) in [5.74, 6) is 0.987. The van der Waals surface area contributed by atoms with Gasteiger partial charge in [0, 0.05) is 16.3 Å². The van der Waals surface area contributed by atoms with Crippen LogP contribution in [0.15, 0.2) is 72.8 Å². The number of anilines is 1. The first-order valence-corrected chi connectivity index (χ1v) is 10.3. The van der Waals surface area contributed by atoms with Crippen molar-refractivity contribution in [1.82, 2.24) is 14.8 Å². The van der Waals surface area contributed by atoms with Gasteiger partial charge in [0.15, 0.2) is 5.82 Å². The molecule has 1 aromatic heterocycles. The molecule has 3 aromatic carbocycles. The third-order valence-electron chi connectivity index (χ3n) is 4.58. The predicted octanol–water partition coefficient (Wildman–Crippen LogP) is 5.55. The Morgan fingerprint density at radius 3 is 2.48 bits per heavy atom. The molecule has 31 heavy (non-hydrogen) atoms. The normalized spacial score (nSPS) is 10.7. The zero-order valence-electron chi connectivity index (χ0n) is 17.2. The van der Waals surface area contributed by atoms with E-state index in [0.29, 0.717) is 23.1 Å². The van der Waals surface area contributed by atoms with Gasteiger partial charge in [-0.25, -0.2) is 9.67 Å². The third kappa shape index (κ3) is 4.75. The zero-order chi connectivity index (χ0) is 21.8. The predicted molar refractivity (Wildman–Crippen MR) is 122 cm³/mol. The lowest BCUT2D eigenvalue weighted by atomic mass is 10.1. The van der Waals surface area contributed by atoms with Crippen molar-refractivity contribution in [3.05, 3.63) is 89.2 Å². The number of nitrogens with zero attached hydrogens (tertiary/aromatic N) is 3. The summed E-state index contributed by atoms with van der Waals surface area (Å²) in [5, 5.41) is 7.94. The molecule has 0 radical (unpaired) electrons. The molecule has 0 bridgehead atoms. The quantitative estimate of drug-likeness (QED) is 0.434. The van der Waals surface area contributed by atoms with Gasteiger partial charge in [-0.1, -0.05) is 35.4 Å². The van der Waals surface area contributed by atoms with E-state index in [4.69, 9.17) is 16.3 Å². The van der Waals surface area contributed by atoms with E-state index < -0.39 is 5.91 Å². The standard InChI is InChI=1S/C24H21ClN4O2/c1-3-31-21-13-9-19(10-14-21)26-24(30)22-27-23(17-6-4-5-16(2)15-17)29(28-22)20-11-7-18(25)8-12-20/h4-15H,3H2,1-2H3,(H,26,30). The molecule has 0 saturated heterocycles. The maximum absolute atomic E-state index is 12.9. The summed E-state index contributed by atoms with van der Waals surface area (Å²) in [6.07, 6.45) is 0. The topological polar surface area (TPSA) is 69.0 Å². The monoisotopic (exact) mass is 432 g/mol. The number of benzene rings is 3. The minimum atomic E-state index is -0.397. The van der Waals surface area contributed by atoms with E-state index in [0.717, 1.165) is 22.6 Å². The molecule has 0 aliphatic rings. The number of carbonyl (C=O) groups excluding carboxylic acids is 1. The molecule has 0 saturated carbocycles. The zero-order valence-corrected chi connectivity index (χ0v) is 17.9. The van der Waals surface area contributed by atoms with E-state index in [1.807, 2.05) is 50.2 Å². The molecular formula is C24H21ClN4O2. The first-order valence-electron chi connectivity index (χ1n) is 9.88. The average Bonchev–Trinajstić information content (AvgIpc) is 3.22. The van der Waals surface area contributed by atoms with Crippen LogP contribution in [-0.2, 0) is 0 Å². The second-order valence-corrected chi connectivity index (χ2v) is 7.36. The molecule has 6 nitrogen and oxygen atoms in total.